The van der Waals surface area contributed by atoms with E-state index in [1.165, 1.54) is 82.3 Å². The van der Waals surface area contributed by atoms with Gasteiger partial charge in [0, 0.05) is 17.8 Å². The maximum Gasteiger partial charge on any atom is 0.136 e. The monoisotopic (exact) mass is 467 g/mol. The highest BCUT2D eigenvalue weighted by molar-refractivity contribution is 5.61. The van der Waals surface area contributed by atoms with Crippen molar-refractivity contribution in [2.75, 3.05) is 0 Å². The van der Waals surface area contributed by atoms with Gasteiger partial charge in [-0.3, -0.25) is 4.98 Å². The van der Waals surface area contributed by atoms with Gasteiger partial charge in [-0.25, -0.2) is 4.39 Å². The zero-order valence-corrected chi connectivity index (χ0v) is 21.8. The van der Waals surface area contributed by atoms with E-state index in [4.69, 9.17) is 4.74 Å². The Morgan fingerprint density at radius 2 is 1.65 bits per heavy atom. The minimum absolute atomic E-state index is 0.100. The summed E-state index contributed by atoms with van der Waals surface area (Å²) >= 11 is 0. The fourth-order valence-electron chi connectivity index (χ4n) is 5.36. The molecule has 0 N–H and O–H groups in total. The van der Waals surface area contributed by atoms with Crippen molar-refractivity contribution in [3.63, 3.8) is 0 Å². The lowest BCUT2D eigenvalue weighted by molar-refractivity contribution is 0.206. The summed E-state index contributed by atoms with van der Waals surface area (Å²) in [6, 6.07) is 9.31. The van der Waals surface area contributed by atoms with E-state index in [0.717, 1.165) is 25.2 Å². The van der Waals surface area contributed by atoms with E-state index in [2.05, 4.69) is 24.9 Å². The van der Waals surface area contributed by atoms with Crippen LogP contribution < -0.4 is 4.74 Å². The van der Waals surface area contributed by atoms with Crippen molar-refractivity contribution in [3.8, 4) is 17.0 Å². The first-order valence-corrected chi connectivity index (χ1v) is 14.0. The van der Waals surface area contributed by atoms with Crippen LogP contribution in [0.5, 0.6) is 5.75 Å². The minimum Gasteiger partial charge on any atom is -0.491 e. The van der Waals surface area contributed by atoms with E-state index < -0.39 is 0 Å². The third-order valence-corrected chi connectivity index (χ3v) is 7.59. The average molecular weight is 468 g/mol. The summed E-state index contributed by atoms with van der Waals surface area (Å²) in [5.74, 6) is 1.84. The van der Waals surface area contributed by atoms with Crippen LogP contribution in [0.25, 0.3) is 11.3 Å². The van der Waals surface area contributed by atoms with Crippen LogP contribution in [-0.4, -0.2) is 11.1 Å². The number of ether oxygens (including phenoxy) is 1. The summed E-state index contributed by atoms with van der Waals surface area (Å²) < 4.78 is 20.7. The van der Waals surface area contributed by atoms with Gasteiger partial charge in [0.2, 0.25) is 0 Å². The molecule has 188 valence electrons. The molecule has 0 radical (unpaired) electrons. The van der Waals surface area contributed by atoms with E-state index in [1.807, 2.05) is 25.3 Å². The second kappa shape index (κ2) is 14.5. The molecule has 0 spiro atoms. The summed E-state index contributed by atoms with van der Waals surface area (Å²) in [6.07, 6.45) is 20.3. The number of benzene rings is 1. The van der Waals surface area contributed by atoms with Crippen molar-refractivity contribution in [3.05, 3.63) is 47.9 Å². The molecule has 34 heavy (non-hydrogen) atoms. The number of pyridine rings is 1. The lowest BCUT2D eigenvalue weighted by atomic mass is 9.77. The Morgan fingerprint density at radius 1 is 0.912 bits per heavy atom. The molecule has 1 saturated carbocycles. The van der Waals surface area contributed by atoms with Crippen molar-refractivity contribution in [2.45, 2.75) is 123 Å². The molecule has 0 unspecified atom stereocenters. The van der Waals surface area contributed by atoms with Crippen LogP contribution in [0.3, 0.4) is 0 Å². The predicted molar refractivity (Wildman–Crippen MR) is 142 cm³/mol. The zero-order chi connectivity index (χ0) is 24.2. The number of nitrogens with zero attached hydrogens (tertiary/aromatic N) is 1. The van der Waals surface area contributed by atoms with E-state index in [9.17, 15) is 4.39 Å². The highest BCUT2D eigenvalue weighted by atomic mass is 19.1. The summed E-state index contributed by atoms with van der Waals surface area (Å²) in [7, 11) is 0. The third kappa shape index (κ3) is 8.40. The Kier molecular flexibility index (Phi) is 11.4. The molecule has 3 heteroatoms. The largest absolute Gasteiger partial charge is 0.491 e. The van der Waals surface area contributed by atoms with E-state index in [1.54, 1.807) is 6.07 Å². The van der Waals surface area contributed by atoms with Gasteiger partial charge in [0.15, 0.2) is 0 Å². The molecule has 2 aromatic rings. The van der Waals surface area contributed by atoms with Crippen molar-refractivity contribution in [1.82, 2.24) is 4.98 Å². The van der Waals surface area contributed by atoms with Gasteiger partial charge in [0.05, 0.1) is 11.8 Å². The minimum atomic E-state index is -0.268. The first-order chi connectivity index (χ1) is 16.6. The Bertz CT molecular complexity index is 826. The van der Waals surface area contributed by atoms with Gasteiger partial charge < -0.3 is 4.74 Å². The van der Waals surface area contributed by atoms with Crippen LogP contribution in [0.15, 0.2) is 36.5 Å². The highest BCUT2D eigenvalue weighted by Crippen LogP contribution is 2.38. The molecule has 1 atom stereocenters. The second-order valence-corrected chi connectivity index (χ2v) is 10.5. The molecular formula is C31H46FNO. The van der Waals surface area contributed by atoms with Crippen LogP contribution in [0.1, 0.15) is 122 Å². The molecular weight excluding hydrogens is 421 g/mol. The summed E-state index contributed by atoms with van der Waals surface area (Å²) in [5, 5.41) is 0. The van der Waals surface area contributed by atoms with E-state index >= 15 is 0 Å². The van der Waals surface area contributed by atoms with Crippen molar-refractivity contribution in [1.29, 1.82) is 0 Å². The fraction of sp³-hybridized carbons (Fsp3) is 0.645. The van der Waals surface area contributed by atoms with Gasteiger partial charge in [-0.15, -0.1) is 0 Å². The molecule has 1 aliphatic carbocycles. The van der Waals surface area contributed by atoms with Crippen LogP contribution in [0, 0.1) is 11.7 Å². The molecule has 1 fully saturated rings. The number of hydrogen-bond acceptors (Lipinski definition) is 2. The Morgan fingerprint density at radius 3 is 2.32 bits per heavy atom. The second-order valence-electron chi connectivity index (χ2n) is 10.5. The summed E-state index contributed by atoms with van der Waals surface area (Å²) in [6.45, 7) is 6.49. The fourth-order valence-corrected chi connectivity index (χ4v) is 5.36. The molecule has 1 aromatic carbocycles. The molecule has 1 aliphatic rings. The van der Waals surface area contributed by atoms with Gasteiger partial charge in [-0.05, 0) is 74.6 Å². The van der Waals surface area contributed by atoms with Gasteiger partial charge in [-0.2, -0.15) is 0 Å². The van der Waals surface area contributed by atoms with Crippen molar-refractivity contribution >= 4 is 0 Å². The Balaban J connectivity index is 1.47. The average Bonchev–Trinajstić information content (AvgIpc) is 2.85. The molecule has 2 nitrogen and oxygen atoms in total. The lowest BCUT2D eigenvalue weighted by Gasteiger charge is -2.28. The number of hydrogen-bond donors (Lipinski definition) is 0. The first kappa shape index (κ1) is 26.7. The van der Waals surface area contributed by atoms with E-state index in [0.29, 0.717) is 22.9 Å². The van der Waals surface area contributed by atoms with Gasteiger partial charge in [0.1, 0.15) is 11.6 Å². The SMILES string of the molecule is CCCCCCCC[C@H]1CC[C@H](c2ccc(-c3ccc(O[C@@H](C)CCCC)cc3F)nc2)CC1. The topological polar surface area (TPSA) is 22.1 Å². The van der Waals surface area contributed by atoms with Crippen LogP contribution in [-0.2, 0) is 0 Å². The first-order valence-electron chi connectivity index (χ1n) is 14.0. The molecule has 3 rings (SSSR count). The van der Waals surface area contributed by atoms with Crippen LogP contribution in [0.4, 0.5) is 4.39 Å². The molecule has 0 amide bonds. The molecule has 0 bridgehead atoms. The van der Waals surface area contributed by atoms with Gasteiger partial charge in [0.25, 0.3) is 0 Å². The third-order valence-electron chi connectivity index (χ3n) is 7.59. The van der Waals surface area contributed by atoms with E-state index in [-0.39, 0.29) is 11.9 Å². The number of aromatic nitrogens is 1. The zero-order valence-electron chi connectivity index (χ0n) is 21.8. The Hall–Kier alpha value is -1.90. The number of unbranched alkanes of at least 4 members (excludes halogenated alkanes) is 6. The lowest BCUT2D eigenvalue weighted by Crippen LogP contribution is -2.13. The quantitative estimate of drug-likeness (QED) is 0.258. The van der Waals surface area contributed by atoms with Crippen LogP contribution >= 0.6 is 0 Å². The predicted octanol–water partition coefficient (Wildman–Crippen LogP) is 9.87. The number of rotatable bonds is 14. The molecule has 0 saturated heterocycles. The molecule has 1 heterocycles. The summed E-state index contributed by atoms with van der Waals surface area (Å²) in [4.78, 5) is 4.64. The summed E-state index contributed by atoms with van der Waals surface area (Å²) in [5.41, 5.74) is 2.55. The Labute approximate surface area is 207 Å². The standard InChI is InChI=1S/C31H46FNO/c1-4-6-8-9-10-11-13-25-14-16-26(17-15-25)27-18-21-31(33-23-27)29-20-19-28(22-30(29)32)34-24(3)12-7-5-2/h18-26H,4-17H2,1-3H3/t24-,25-,26-/m0/s1. The highest BCUT2D eigenvalue weighted by Gasteiger charge is 2.22. The maximum absolute atomic E-state index is 14.8. The molecule has 1 aromatic heterocycles. The van der Waals surface area contributed by atoms with Gasteiger partial charge in [-0.1, -0.05) is 77.7 Å². The van der Waals surface area contributed by atoms with Crippen LogP contribution in [0.2, 0.25) is 0 Å². The molecule has 0 aliphatic heterocycles. The van der Waals surface area contributed by atoms with Crippen molar-refractivity contribution < 1.29 is 9.13 Å². The number of halogens is 1. The van der Waals surface area contributed by atoms with Crippen molar-refractivity contribution in [2.24, 2.45) is 5.92 Å². The maximum atomic E-state index is 14.8. The van der Waals surface area contributed by atoms with Gasteiger partial charge >= 0.3 is 0 Å². The smallest absolute Gasteiger partial charge is 0.136 e. The normalized spacial score (nSPS) is 19.2.